The molecule has 1 amide bonds. The number of hydrogen-bond donors (Lipinski definition) is 1. The Morgan fingerprint density at radius 3 is 2.38 bits per heavy atom. The van der Waals surface area contributed by atoms with E-state index in [2.05, 4.69) is 5.32 Å². The first kappa shape index (κ1) is 15.0. The zero-order valence-electron chi connectivity index (χ0n) is 12.3. The van der Waals surface area contributed by atoms with Crippen molar-refractivity contribution in [1.82, 2.24) is 0 Å². The Morgan fingerprint density at radius 1 is 1.10 bits per heavy atom. The van der Waals surface area contributed by atoms with Crippen LogP contribution in [0.4, 0.5) is 14.9 Å². The molecule has 1 N–H and O–H groups in total. The van der Waals surface area contributed by atoms with Gasteiger partial charge in [-0.15, -0.1) is 0 Å². The molecule has 0 radical (unpaired) electrons. The lowest BCUT2D eigenvalue weighted by atomic mass is 9.87. The van der Waals surface area contributed by atoms with Crippen molar-refractivity contribution >= 4 is 11.8 Å². The Hall–Kier alpha value is -2.36. The van der Waals surface area contributed by atoms with Crippen molar-refractivity contribution in [1.29, 1.82) is 0 Å². The molecule has 0 bridgehead atoms. The number of benzene rings is 2. The van der Waals surface area contributed by atoms with Gasteiger partial charge in [0, 0.05) is 0 Å². The normalized spacial score (nSPS) is 11.0. The first-order valence-electron chi connectivity index (χ1n) is 6.70. The molecule has 2 rings (SSSR count). The monoisotopic (exact) mass is 287 g/mol. The van der Waals surface area contributed by atoms with Crippen LogP contribution in [0.5, 0.6) is 5.75 Å². The quantitative estimate of drug-likeness (QED) is 0.866. The van der Waals surface area contributed by atoms with Crippen LogP contribution in [0.3, 0.4) is 0 Å². The third-order valence-electron chi connectivity index (χ3n) is 3.02. The number of para-hydroxylation sites is 1. The molecule has 4 heteroatoms. The van der Waals surface area contributed by atoms with Crippen molar-refractivity contribution < 1.29 is 13.9 Å². The summed E-state index contributed by atoms with van der Waals surface area (Å²) in [6.07, 6.45) is -0.717. The van der Waals surface area contributed by atoms with Gasteiger partial charge >= 0.3 is 6.09 Å². The van der Waals surface area contributed by atoms with Crippen LogP contribution in [0, 0.1) is 5.82 Å². The van der Waals surface area contributed by atoms with E-state index in [1.54, 1.807) is 36.4 Å². The lowest BCUT2D eigenvalue weighted by Gasteiger charge is -2.20. The fourth-order valence-corrected chi connectivity index (χ4v) is 1.82. The number of rotatable bonds is 2. The molecule has 0 spiro atoms. The lowest BCUT2D eigenvalue weighted by molar-refractivity contribution is 0.215. The predicted octanol–water partition coefficient (Wildman–Crippen LogP) is 4.73. The number of anilines is 1. The van der Waals surface area contributed by atoms with E-state index >= 15 is 0 Å². The zero-order chi connectivity index (χ0) is 15.5. The molecule has 2 aromatic rings. The van der Waals surface area contributed by atoms with Crippen molar-refractivity contribution in [2.24, 2.45) is 0 Å². The van der Waals surface area contributed by atoms with Gasteiger partial charge in [-0.05, 0) is 35.2 Å². The molecule has 0 fully saturated rings. The van der Waals surface area contributed by atoms with Crippen LogP contribution in [0.15, 0.2) is 48.5 Å². The number of ether oxygens (including phenoxy) is 1. The molecule has 0 heterocycles. The van der Waals surface area contributed by atoms with Gasteiger partial charge in [0.1, 0.15) is 11.6 Å². The molecule has 0 aliphatic carbocycles. The Morgan fingerprint density at radius 2 is 1.76 bits per heavy atom. The second-order valence-corrected chi connectivity index (χ2v) is 5.77. The van der Waals surface area contributed by atoms with Gasteiger partial charge in [0.25, 0.3) is 0 Å². The van der Waals surface area contributed by atoms with Gasteiger partial charge in [-0.3, -0.25) is 5.32 Å². The van der Waals surface area contributed by atoms with E-state index in [-0.39, 0.29) is 11.1 Å². The molecule has 0 saturated carbocycles. The van der Waals surface area contributed by atoms with Gasteiger partial charge in [-0.2, -0.15) is 0 Å². The fourth-order valence-electron chi connectivity index (χ4n) is 1.82. The Labute approximate surface area is 123 Å². The summed E-state index contributed by atoms with van der Waals surface area (Å²) >= 11 is 0. The minimum atomic E-state index is -0.717. The van der Waals surface area contributed by atoms with Crippen molar-refractivity contribution in [3.63, 3.8) is 0 Å². The third-order valence-corrected chi connectivity index (χ3v) is 3.02. The van der Waals surface area contributed by atoms with E-state index in [0.717, 1.165) is 5.56 Å². The second kappa shape index (κ2) is 5.95. The maximum Gasteiger partial charge on any atom is 0.417 e. The van der Waals surface area contributed by atoms with Crippen molar-refractivity contribution in [3.8, 4) is 5.75 Å². The maximum absolute atomic E-state index is 13.8. The van der Waals surface area contributed by atoms with E-state index in [0.29, 0.717) is 5.75 Å². The molecule has 21 heavy (non-hydrogen) atoms. The van der Waals surface area contributed by atoms with E-state index in [9.17, 15) is 9.18 Å². The molecule has 2 aromatic carbocycles. The highest BCUT2D eigenvalue weighted by atomic mass is 19.1. The van der Waals surface area contributed by atoms with E-state index in [4.69, 9.17) is 4.74 Å². The summed E-state index contributed by atoms with van der Waals surface area (Å²) in [5.74, 6) is -0.0876. The van der Waals surface area contributed by atoms with Gasteiger partial charge in [-0.25, -0.2) is 9.18 Å². The van der Waals surface area contributed by atoms with Gasteiger partial charge in [0.2, 0.25) is 0 Å². The van der Waals surface area contributed by atoms with Crippen molar-refractivity contribution in [2.45, 2.75) is 26.2 Å². The average molecular weight is 287 g/mol. The number of carbonyl (C=O) groups is 1. The molecule has 0 unspecified atom stereocenters. The molecule has 0 aliphatic heterocycles. The summed E-state index contributed by atoms with van der Waals surface area (Å²) in [7, 11) is 0. The molecular formula is C17H18FNO2. The van der Waals surface area contributed by atoms with Crippen LogP contribution in [0.2, 0.25) is 0 Å². The SMILES string of the molecule is CC(C)(C)c1ccc(F)c(NC(=O)Oc2ccccc2)c1. The minimum Gasteiger partial charge on any atom is -0.410 e. The minimum absolute atomic E-state index is 0.114. The lowest BCUT2D eigenvalue weighted by Crippen LogP contribution is -2.19. The maximum atomic E-state index is 13.8. The highest BCUT2D eigenvalue weighted by molar-refractivity contribution is 5.86. The number of hydrogen-bond acceptors (Lipinski definition) is 2. The first-order chi connectivity index (χ1) is 9.86. The van der Waals surface area contributed by atoms with Crippen LogP contribution >= 0.6 is 0 Å². The standard InChI is InChI=1S/C17H18FNO2/c1-17(2,3)12-9-10-14(18)15(11-12)19-16(20)21-13-7-5-4-6-8-13/h4-11H,1-3H3,(H,19,20). The largest absolute Gasteiger partial charge is 0.417 e. The second-order valence-electron chi connectivity index (χ2n) is 5.77. The topological polar surface area (TPSA) is 38.3 Å². The summed E-state index contributed by atoms with van der Waals surface area (Å²) in [4.78, 5) is 11.8. The molecule has 0 saturated heterocycles. The van der Waals surface area contributed by atoms with Gasteiger partial charge in [0.05, 0.1) is 5.69 Å². The summed E-state index contributed by atoms with van der Waals surface area (Å²) in [5.41, 5.74) is 0.912. The molecule has 3 nitrogen and oxygen atoms in total. The van der Waals surface area contributed by atoms with Crippen LogP contribution in [-0.2, 0) is 5.41 Å². The molecule has 0 aliphatic rings. The summed E-state index contributed by atoms with van der Waals surface area (Å²) in [5, 5.41) is 2.44. The number of nitrogens with one attached hydrogen (secondary N) is 1. The smallest absolute Gasteiger partial charge is 0.410 e. The van der Waals surface area contributed by atoms with Gasteiger partial charge in [-0.1, -0.05) is 45.0 Å². The fraction of sp³-hybridized carbons (Fsp3) is 0.235. The van der Waals surface area contributed by atoms with Crippen LogP contribution < -0.4 is 10.1 Å². The average Bonchev–Trinajstić information content (AvgIpc) is 2.41. The van der Waals surface area contributed by atoms with Crippen LogP contribution in [-0.4, -0.2) is 6.09 Å². The van der Waals surface area contributed by atoms with Gasteiger partial charge in [0.15, 0.2) is 0 Å². The first-order valence-corrected chi connectivity index (χ1v) is 6.70. The highest BCUT2D eigenvalue weighted by Crippen LogP contribution is 2.26. The molecular weight excluding hydrogens is 269 g/mol. The number of carbonyl (C=O) groups excluding carboxylic acids is 1. The Balaban J connectivity index is 2.14. The molecule has 0 aromatic heterocycles. The van der Waals surface area contributed by atoms with E-state index in [1.807, 2.05) is 26.8 Å². The van der Waals surface area contributed by atoms with Crippen LogP contribution in [0.25, 0.3) is 0 Å². The number of amides is 1. The van der Waals surface area contributed by atoms with E-state index < -0.39 is 11.9 Å². The molecule has 110 valence electrons. The predicted molar refractivity (Wildman–Crippen MR) is 81.2 cm³/mol. The Kier molecular flexibility index (Phi) is 4.26. The third kappa shape index (κ3) is 4.05. The molecule has 0 atom stereocenters. The summed E-state index contributed by atoms with van der Waals surface area (Å²) < 4.78 is 18.9. The number of halogens is 1. The zero-order valence-corrected chi connectivity index (χ0v) is 12.3. The summed E-state index contributed by atoms with van der Waals surface area (Å²) in [6, 6.07) is 13.3. The highest BCUT2D eigenvalue weighted by Gasteiger charge is 2.17. The van der Waals surface area contributed by atoms with Gasteiger partial charge < -0.3 is 4.74 Å². The summed E-state index contributed by atoms with van der Waals surface area (Å²) in [6.45, 7) is 6.06. The van der Waals surface area contributed by atoms with Crippen molar-refractivity contribution in [2.75, 3.05) is 5.32 Å². The van der Waals surface area contributed by atoms with Crippen molar-refractivity contribution in [3.05, 3.63) is 59.9 Å². The Bertz CT molecular complexity index is 633. The van der Waals surface area contributed by atoms with E-state index in [1.165, 1.54) is 6.07 Å². The van der Waals surface area contributed by atoms with Crippen LogP contribution in [0.1, 0.15) is 26.3 Å².